The van der Waals surface area contributed by atoms with E-state index in [1.165, 1.54) is 18.3 Å². The number of nitrogens with zero attached hydrogens (tertiary/aromatic N) is 2. The van der Waals surface area contributed by atoms with Gasteiger partial charge in [0.2, 0.25) is 10.0 Å². The fourth-order valence-corrected chi connectivity index (χ4v) is 4.88. The van der Waals surface area contributed by atoms with E-state index in [4.69, 9.17) is 9.47 Å². The van der Waals surface area contributed by atoms with Gasteiger partial charge in [0.05, 0.1) is 12.0 Å². The molecule has 1 aliphatic heterocycles. The van der Waals surface area contributed by atoms with E-state index in [0.717, 1.165) is 0 Å². The van der Waals surface area contributed by atoms with Gasteiger partial charge in [0, 0.05) is 38.3 Å². The number of piperazine rings is 1. The zero-order chi connectivity index (χ0) is 22.4. The summed E-state index contributed by atoms with van der Waals surface area (Å²) in [5, 5.41) is 10.4. The van der Waals surface area contributed by atoms with Crippen LogP contribution in [0.1, 0.15) is 17.3 Å². The Labute approximate surface area is 183 Å². The molecule has 1 N–H and O–H groups in total. The van der Waals surface area contributed by atoms with E-state index in [-0.39, 0.29) is 12.4 Å². The summed E-state index contributed by atoms with van der Waals surface area (Å²) in [4.78, 5) is 13.8. The zero-order valence-electron chi connectivity index (χ0n) is 17.7. The molecule has 31 heavy (non-hydrogen) atoms. The van der Waals surface area contributed by atoms with E-state index >= 15 is 0 Å². The Morgan fingerprint density at radius 1 is 1.06 bits per heavy atom. The molecule has 0 spiro atoms. The highest BCUT2D eigenvalue weighted by Gasteiger charge is 2.29. The van der Waals surface area contributed by atoms with Crippen molar-refractivity contribution < 1.29 is 27.8 Å². The second-order valence-electron chi connectivity index (χ2n) is 7.40. The molecule has 168 valence electrons. The summed E-state index contributed by atoms with van der Waals surface area (Å²) >= 11 is 0. The summed E-state index contributed by atoms with van der Waals surface area (Å²) in [5.41, 5.74) is 0.521. The Kier molecular flexibility index (Phi) is 7.66. The van der Waals surface area contributed by atoms with Crippen molar-refractivity contribution in [1.29, 1.82) is 0 Å². The van der Waals surface area contributed by atoms with Gasteiger partial charge in [-0.25, -0.2) is 8.42 Å². The first-order valence-corrected chi connectivity index (χ1v) is 11.5. The third-order valence-corrected chi connectivity index (χ3v) is 7.10. The molecule has 1 aliphatic rings. The highest BCUT2D eigenvalue weighted by molar-refractivity contribution is 7.89. The van der Waals surface area contributed by atoms with Gasteiger partial charge >= 0.3 is 0 Å². The van der Waals surface area contributed by atoms with Crippen molar-refractivity contribution in [3.05, 3.63) is 54.1 Å². The largest absolute Gasteiger partial charge is 0.493 e. The van der Waals surface area contributed by atoms with Crippen molar-refractivity contribution in [3.8, 4) is 11.5 Å². The first-order valence-electron chi connectivity index (χ1n) is 10.1. The number of sulfonamides is 1. The molecule has 0 aromatic heterocycles. The van der Waals surface area contributed by atoms with Crippen LogP contribution in [0, 0.1) is 0 Å². The number of aliphatic hydroxyl groups excluding tert-OH is 1. The van der Waals surface area contributed by atoms with Crippen molar-refractivity contribution >= 4 is 15.8 Å². The van der Waals surface area contributed by atoms with Crippen LogP contribution in [-0.4, -0.2) is 81.1 Å². The van der Waals surface area contributed by atoms with Gasteiger partial charge in [0.1, 0.15) is 12.7 Å². The molecular weight excluding hydrogens is 420 g/mol. The number of carbonyl (C=O) groups excluding carboxylic acids is 1. The molecule has 9 heteroatoms. The van der Waals surface area contributed by atoms with Crippen LogP contribution in [0.25, 0.3) is 0 Å². The van der Waals surface area contributed by atoms with E-state index < -0.39 is 16.1 Å². The van der Waals surface area contributed by atoms with Crippen LogP contribution in [0.4, 0.5) is 0 Å². The molecule has 1 saturated heterocycles. The van der Waals surface area contributed by atoms with Crippen LogP contribution in [-0.2, 0) is 10.0 Å². The number of rotatable bonds is 9. The Morgan fingerprint density at radius 3 is 2.35 bits per heavy atom. The maximum atomic E-state index is 12.7. The van der Waals surface area contributed by atoms with E-state index in [0.29, 0.717) is 54.7 Å². The quantitative estimate of drug-likeness (QED) is 0.583. The Hall–Kier alpha value is -2.46. The average molecular weight is 449 g/mol. The van der Waals surface area contributed by atoms with Crippen molar-refractivity contribution in [1.82, 2.24) is 9.21 Å². The van der Waals surface area contributed by atoms with Gasteiger partial charge in [0.15, 0.2) is 17.3 Å². The Bertz CT molecular complexity index is 988. The highest BCUT2D eigenvalue weighted by atomic mass is 32.2. The van der Waals surface area contributed by atoms with Gasteiger partial charge in [-0.2, -0.15) is 4.31 Å². The molecule has 0 bridgehead atoms. The van der Waals surface area contributed by atoms with E-state index in [1.54, 1.807) is 48.5 Å². The number of carbonyl (C=O) groups is 1. The summed E-state index contributed by atoms with van der Waals surface area (Å²) in [6.07, 6.45) is -0.755. The molecule has 2 aromatic rings. The van der Waals surface area contributed by atoms with Gasteiger partial charge in [0.25, 0.3) is 0 Å². The SMILES string of the molecule is COc1cc(C(C)=O)ccc1OC[C@@H](O)CN1CCN(S(=O)(=O)c2ccccc2)CC1. The molecule has 1 atom stereocenters. The second kappa shape index (κ2) is 10.2. The number of aliphatic hydroxyl groups is 1. The predicted molar refractivity (Wildman–Crippen MR) is 116 cm³/mol. The van der Waals surface area contributed by atoms with Crippen molar-refractivity contribution in [2.75, 3.05) is 46.4 Å². The minimum Gasteiger partial charge on any atom is -0.493 e. The summed E-state index contributed by atoms with van der Waals surface area (Å²) in [6, 6.07) is 13.3. The van der Waals surface area contributed by atoms with E-state index in [9.17, 15) is 18.3 Å². The lowest BCUT2D eigenvalue weighted by Gasteiger charge is -2.34. The van der Waals surface area contributed by atoms with Crippen LogP contribution in [0.15, 0.2) is 53.4 Å². The molecule has 0 aliphatic carbocycles. The second-order valence-corrected chi connectivity index (χ2v) is 9.34. The van der Waals surface area contributed by atoms with E-state index in [2.05, 4.69) is 0 Å². The number of hydrogen-bond acceptors (Lipinski definition) is 7. The molecule has 0 unspecified atom stereocenters. The van der Waals surface area contributed by atoms with Crippen molar-refractivity contribution in [2.24, 2.45) is 0 Å². The summed E-state index contributed by atoms with van der Waals surface area (Å²) in [5.74, 6) is 0.809. The molecule has 0 amide bonds. The molecule has 0 saturated carbocycles. The number of ether oxygens (including phenoxy) is 2. The third kappa shape index (κ3) is 5.82. The minimum atomic E-state index is -3.50. The van der Waals surface area contributed by atoms with Crippen molar-refractivity contribution in [3.63, 3.8) is 0 Å². The Balaban J connectivity index is 1.49. The highest BCUT2D eigenvalue weighted by Crippen LogP contribution is 2.28. The predicted octanol–water partition coefficient (Wildman–Crippen LogP) is 1.64. The van der Waals surface area contributed by atoms with Gasteiger partial charge in [-0.05, 0) is 37.3 Å². The number of benzene rings is 2. The number of ketones is 1. The summed E-state index contributed by atoms with van der Waals surface area (Å²) in [6.45, 7) is 3.69. The fourth-order valence-electron chi connectivity index (χ4n) is 3.44. The number of Topliss-reactive ketones (excluding diaryl/α,β-unsaturated/α-hetero) is 1. The van der Waals surface area contributed by atoms with Gasteiger partial charge < -0.3 is 14.6 Å². The first kappa shape index (κ1) is 23.2. The fraction of sp³-hybridized carbons (Fsp3) is 0.409. The lowest BCUT2D eigenvalue weighted by Crippen LogP contribution is -2.50. The van der Waals surface area contributed by atoms with Crippen LogP contribution in [0.2, 0.25) is 0 Å². The van der Waals surface area contributed by atoms with Gasteiger partial charge in [-0.1, -0.05) is 18.2 Å². The third-order valence-electron chi connectivity index (χ3n) is 5.18. The maximum absolute atomic E-state index is 12.7. The number of methoxy groups -OCH3 is 1. The van der Waals surface area contributed by atoms with Crippen LogP contribution in [0.3, 0.4) is 0 Å². The maximum Gasteiger partial charge on any atom is 0.243 e. The molecule has 1 fully saturated rings. The lowest BCUT2D eigenvalue weighted by atomic mass is 10.1. The Morgan fingerprint density at radius 2 is 1.74 bits per heavy atom. The molecule has 1 heterocycles. The van der Waals surface area contributed by atoms with Crippen molar-refractivity contribution in [2.45, 2.75) is 17.9 Å². The average Bonchev–Trinajstić information content (AvgIpc) is 2.78. The molecule has 2 aromatic carbocycles. The lowest BCUT2D eigenvalue weighted by molar-refractivity contribution is 0.0561. The topological polar surface area (TPSA) is 96.4 Å². The van der Waals surface area contributed by atoms with Gasteiger partial charge in [-0.15, -0.1) is 0 Å². The van der Waals surface area contributed by atoms with Crippen LogP contribution >= 0.6 is 0 Å². The monoisotopic (exact) mass is 448 g/mol. The molecule has 0 radical (unpaired) electrons. The molecular formula is C22H28N2O6S. The van der Waals surface area contributed by atoms with Crippen LogP contribution in [0.5, 0.6) is 11.5 Å². The smallest absolute Gasteiger partial charge is 0.243 e. The summed E-state index contributed by atoms with van der Waals surface area (Å²) in [7, 11) is -2.00. The van der Waals surface area contributed by atoms with Gasteiger partial charge in [-0.3, -0.25) is 9.69 Å². The molecule has 3 rings (SSSR count). The number of β-amino-alcohol motifs (C(OH)–C–C–N with tert-alkyl or cyclic N) is 1. The molecule has 8 nitrogen and oxygen atoms in total. The standard InChI is InChI=1S/C22H28N2O6S/c1-17(25)18-8-9-21(22(14-18)29-2)30-16-19(26)15-23-10-12-24(13-11-23)31(27,28)20-6-4-3-5-7-20/h3-9,14,19,26H,10-13,15-16H2,1-2H3/t19-/m0/s1. The van der Waals surface area contributed by atoms with Crippen LogP contribution < -0.4 is 9.47 Å². The minimum absolute atomic E-state index is 0.0539. The summed E-state index contributed by atoms with van der Waals surface area (Å²) < 4.78 is 37.8. The zero-order valence-corrected chi connectivity index (χ0v) is 18.5. The first-order chi connectivity index (χ1) is 14.8. The normalized spacial score (nSPS) is 16.6. The number of hydrogen-bond donors (Lipinski definition) is 1. The van der Waals surface area contributed by atoms with E-state index in [1.807, 2.05) is 4.90 Å².